The van der Waals surface area contributed by atoms with Crippen LogP contribution in [0.2, 0.25) is 0 Å². The number of rotatable bonds is 6. The summed E-state index contributed by atoms with van der Waals surface area (Å²) in [5.41, 5.74) is 1.32. The van der Waals surface area contributed by atoms with E-state index in [0.29, 0.717) is 5.41 Å². The maximum Gasteiger partial charge on any atom is 0.255 e. The third-order valence-electron chi connectivity index (χ3n) is 2.88. The van der Waals surface area contributed by atoms with E-state index >= 15 is 0 Å². The van der Waals surface area contributed by atoms with Gasteiger partial charge in [0.25, 0.3) is 5.22 Å². The minimum absolute atomic E-state index is 0.368. The molecule has 0 unspecified atom stereocenters. The number of oxazole rings is 1. The van der Waals surface area contributed by atoms with Gasteiger partial charge in [-0.05, 0) is 25.2 Å². The Hall–Kier alpha value is 0.0400. The van der Waals surface area contributed by atoms with E-state index in [9.17, 15) is 0 Å². The number of halogens is 1. The van der Waals surface area contributed by atoms with Gasteiger partial charge in [0.2, 0.25) is 0 Å². The summed E-state index contributed by atoms with van der Waals surface area (Å²) in [4.78, 5) is 4.30. The van der Waals surface area contributed by atoms with Crippen LogP contribution >= 0.6 is 27.7 Å². The van der Waals surface area contributed by atoms with Crippen LogP contribution in [0.25, 0.3) is 0 Å². The molecule has 0 N–H and O–H groups in total. The first kappa shape index (κ1) is 13.1. The molecule has 0 amide bonds. The lowest BCUT2D eigenvalue weighted by Gasteiger charge is -2.28. The van der Waals surface area contributed by atoms with Gasteiger partial charge in [0.15, 0.2) is 0 Å². The summed E-state index contributed by atoms with van der Waals surface area (Å²) in [7, 11) is 0. The summed E-state index contributed by atoms with van der Waals surface area (Å²) < 4.78 is 5.33. The summed E-state index contributed by atoms with van der Waals surface area (Å²) in [5.74, 6) is 1.06. The molecule has 1 rings (SSSR count). The summed E-state index contributed by atoms with van der Waals surface area (Å²) in [6.07, 6.45) is 4.07. The van der Waals surface area contributed by atoms with Gasteiger partial charge < -0.3 is 4.42 Å². The van der Waals surface area contributed by atoms with Crippen LogP contribution in [0.5, 0.6) is 0 Å². The van der Waals surface area contributed by atoms with Crippen molar-refractivity contribution in [3.63, 3.8) is 0 Å². The Kier molecular flexibility index (Phi) is 5.19. The molecule has 0 aliphatic heterocycles. The predicted octanol–water partition coefficient (Wildman–Crippen LogP) is 4.28. The Labute approximate surface area is 104 Å². The Morgan fingerprint density at radius 1 is 1.47 bits per heavy atom. The van der Waals surface area contributed by atoms with E-state index < -0.39 is 0 Å². The van der Waals surface area contributed by atoms with E-state index in [4.69, 9.17) is 4.42 Å². The smallest absolute Gasteiger partial charge is 0.255 e. The number of aromatic nitrogens is 1. The molecule has 0 fully saturated rings. The molecule has 1 heterocycles. The molecule has 0 aliphatic carbocycles. The van der Waals surface area contributed by atoms with Gasteiger partial charge in [-0.1, -0.05) is 41.5 Å². The summed E-state index contributed by atoms with van der Waals surface area (Å²) in [6.45, 7) is 6.43. The van der Waals surface area contributed by atoms with Gasteiger partial charge in [0, 0.05) is 11.1 Å². The molecule has 2 nitrogen and oxygen atoms in total. The van der Waals surface area contributed by atoms with E-state index in [0.717, 1.165) is 22.0 Å². The number of nitrogens with zero attached hydrogens (tertiary/aromatic N) is 1. The van der Waals surface area contributed by atoms with Crippen molar-refractivity contribution in [3.8, 4) is 0 Å². The first-order valence-corrected chi connectivity index (χ1v) is 7.37. The van der Waals surface area contributed by atoms with Gasteiger partial charge in [-0.25, -0.2) is 4.98 Å². The molecule has 0 spiro atoms. The van der Waals surface area contributed by atoms with Crippen LogP contribution in [0.3, 0.4) is 0 Å². The van der Waals surface area contributed by atoms with Crippen molar-refractivity contribution in [2.75, 3.05) is 11.1 Å². The lowest BCUT2D eigenvalue weighted by atomic mass is 9.87. The van der Waals surface area contributed by atoms with Gasteiger partial charge in [0.05, 0.1) is 5.69 Å². The zero-order valence-electron chi connectivity index (χ0n) is 9.55. The number of alkyl halides is 1. The highest BCUT2D eigenvalue weighted by Crippen LogP contribution is 2.35. The van der Waals surface area contributed by atoms with Crippen LogP contribution in [0, 0.1) is 12.3 Å². The highest BCUT2D eigenvalue weighted by Gasteiger charge is 2.25. The van der Waals surface area contributed by atoms with E-state index in [1.165, 1.54) is 12.8 Å². The summed E-state index contributed by atoms with van der Waals surface area (Å²) in [6, 6.07) is 0. The molecule has 0 saturated carbocycles. The lowest BCUT2D eigenvalue weighted by Crippen LogP contribution is -2.23. The number of thioether (sulfide) groups is 1. The van der Waals surface area contributed by atoms with E-state index in [1.807, 2.05) is 6.92 Å². The molecular formula is C11H18BrNOS. The van der Waals surface area contributed by atoms with E-state index in [-0.39, 0.29) is 0 Å². The molecule has 0 radical (unpaired) electrons. The highest BCUT2D eigenvalue weighted by atomic mass is 79.9. The Balaban J connectivity index is 2.54. The molecule has 0 saturated heterocycles. The van der Waals surface area contributed by atoms with Crippen molar-refractivity contribution < 1.29 is 4.42 Å². The Bertz CT molecular complexity index is 288. The molecule has 4 heteroatoms. The maximum atomic E-state index is 5.33. The first-order valence-electron chi connectivity index (χ1n) is 5.26. The summed E-state index contributed by atoms with van der Waals surface area (Å²) in [5, 5.41) is 1.83. The highest BCUT2D eigenvalue weighted by molar-refractivity contribution is 9.09. The molecule has 15 heavy (non-hydrogen) atoms. The van der Waals surface area contributed by atoms with Gasteiger partial charge in [0.1, 0.15) is 6.26 Å². The van der Waals surface area contributed by atoms with Crippen LogP contribution in [-0.4, -0.2) is 16.1 Å². The lowest BCUT2D eigenvalue weighted by molar-refractivity contribution is 0.356. The quantitative estimate of drug-likeness (QED) is 0.578. The second kappa shape index (κ2) is 5.94. The minimum Gasteiger partial charge on any atom is -0.440 e. The molecular weight excluding hydrogens is 274 g/mol. The fraction of sp³-hybridized carbons (Fsp3) is 0.727. The molecule has 1 aromatic heterocycles. The molecule has 86 valence electrons. The largest absolute Gasteiger partial charge is 0.440 e. The van der Waals surface area contributed by atoms with E-state index in [1.54, 1.807) is 18.0 Å². The van der Waals surface area contributed by atoms with Gasteiger partial charge in [-0.3, -0.25) is 0 Å². The predicted molar refractivity (Wildman–Crippen MR) is 68.8 cm³/mol. The minimum atomic E-state index is 0.368. The SMILES string of the molecule is CCC(CC)(CBr)CSc1nc(C)co1. The number of aryl methyl sites for hydroxylation is 1. The third kappa shape index (κ3) is 3.52. The van der Waals surface area contributed by atoms with Crippen LogP contribution in [0.1, 0.15) is 32.4 Å². The van der Waals surface area contributed by atoms with E-state index in [2.05, 4.69) is 34.8 Å². The zero-order valence-corrected chi connectivity index (χ0v) is 11.9. The average Bonchev–Trinajstić information content (AvgIpc) is 2.67. The summed E-state index contributed by atoms with van der Waals surface area (Å²) >= 11 is 5.32. The first-order chi connectivity index (χ1) is 7.15. The van der Waals surface area contributed by atoms with Crippen molar-refractivity contribution in [2.45, 2.75) is 38.8 Å². The van der Waals surface area contributed by atoms with Crippen LogP contribution < -0.4 is 0 Å². The maximum absolute atomic E-state index is 5.33. The van der Waals surface area contributed by atoms with Crippen LogP contribution in [0.15, 0.2) is 15.9 Å². The topological polar surface area (TPSA) is 26.0 Å². The van der Waals surface area contributed by atoms with Crippen LogP contribution in [-0.2, 0) is 0 Å². The van der Waals surface area contributed by atoms with Crippen molar-refractivity contribution >= 4 is 27.7 Å². The van der Waals surface area contributed by atoms with Crippen molar-refractivity contribution in [1.29, 1.82) is 0 Å². The standard InChI is InChI=1S/C11H18BrNOS/c1-4-11(5-2,7-12)8-15-10-13-9(3)6-14-10/h6H,4-5,7-8H2,1-3H3. The number of hydrogen-bond donors (Lipinski definition) is 0. The second-order valence-corrected chi connectivity index (χ2v) is 5.37. The van der Waals surface area contributed by atoms with Crippen molar-refractivity contribution in [3.05, 3.63) is 12.0 Å². The van der Waals surface area contributed by atoms with Crippen molar-refractivity contribution in [1.82, 2.24) is 4.98 Å². The fourth-order valence-corrected chi connectivity index (χ4v) is 3.81. The Morgan fingerprint density at radius 2 is 2.13 bits per heavy atom. The normalized spacial score (nSPS) is 12.0. The van der Waals surface area contributed by atoms with Crippen LogP contribution in [0.4, 0.5) is 0 Å². The van der Waals surface area contributed by atoms with Gasteiger partial charge >= 0.3 is 0 Å². The Morgan fingerprint density at radius 3 is 2.53 bits per heavy atom. The van der Waals surface area contributed by atoms with Gasteiger partial charge in [-0.15, -0.1) is 0 Å². The fourth-order valence-electron chi connectivity index (χ4n) is 1.30. The number of hydrogen-bond acceptors (Lipinski definition) is 3. The third-order valence-corrected chi connectivity index (χ3v) is 5.26. The zero-order chi connectivity index (χ0) is 11.3. The molecule has 0 aromatic carbocycles. The molecule has 0 atom stereocenters. The van der Waals surface area contributed by atoms with Gasteiger partial charge in [-0.2, -0.15) is 0 Å². The molecule has 0 aliphatic rings. The molecule has 0 bridgehead atoms. The average molecular weight is 292 g/mol. The second-order valence-electron chi connectivity index (χ2n) is 3.88. The monoisotopic (exact) mass is 291 g/mol. The molecule has 1 aromatic rings. The van der Waals surface area contributed by atoms with Crippen molar-refractivity contribution in [2.24, 2.45) is 5.41 Å².